The van der Waals surface area contributed by atoms with E-state index in [1.54, 1.807) is 18.3 Å². The van der Waals surface area contributed by atoms with Gasteiger partial charge in [0, 0.05) is 6.20 Å². The highest BCUT2D eigenvalue weighted by atomic mass is 35.5. The molecule has 1 fully saturated rings. The molecule has 0 aliphatic carbocycles. The number of amides is 1. The van der Waals surface area contributed by atoms with Crippen molar-refractivity contribution in [1.29, 1.82) is 0 Å². The Kier molecular flexibility index (Phi) is 4.66. The second-order valence-electron chi connectivity index (χ2n) is 4.62. The normalized spacial score (nSPS) is 19.5. The Bertz CT molecular complexity index is 737. The fourth-order valence-corrected chi connectivity index (χ4v) is 3.42. The van der Waals surface area contributed by atoms with Crippen molar-refractivity contribution >= 4 is 51.9 Å². The van der Waals surface area contributed by atoms with E-state index in [0.29, 0.717) is 27.5 Å². The third-order valence-electron chi connectivity index (χ3n) is 3.08. The monoisotopic (exact) mass is 351 g/mol. The molecule has 1 atom stereocenters. The quantitative estimate of drug-likeness (QED) is 0.913. The Morgan fingerprint density at radius 1 is 1.23 bits per heavy atom. The lowest BCUT2D eigenvalue weighted by Crippen LogP contribution is -2.26. The highest BCUT2D eigenvalue weighted by Gasteiger charge is 2.31. The number of carbonyl (C=O) groups is 1. The summed E-state index contributed by atoms with van der Waals surface area (Å²) in [4.78, 5) is 20.5. The summed E-state index contributed by atoms with van der Waals surface area (Å²) < 4.78 is 0. The molecule has 1 N–H and O–H groups in total. The fourth-order valence-electron chi connectivity index (χ4n) is 2.02. The zero-order valence-electron chi connectivity index (χ0n) is 11.3. The van der Waals surface area contributed by atoms with Gasteiger partial charge in [0.15, 0.2) is 11.0 Å². The van der Waals surface area contributed by atoms with Gasteiger partial charge < -0.3 is 5.32 Å². The Morgan fingerprint density at radius 3 is 2.86 bits per heavy atom. The van der Waals surface area contributed by atoms with Crippen molar-refractivity contribution in [3.63, 3.8) is 0 Å². The van der Waals surface area contributed by atoms with Crippen LogP contribution in [0.1, 0.15) is 5.56 Å². The van der Waals surface area contributed by atoms with Gasteiger partial charge in [-0.1, -0.05) is 53.2 Å². The molecular formula is C15H11Cl2N3OS. The molecule has 0 bridgehead atoms. The number of hydrogen-bond donors (Lipinski definition) is 1. The lowest BCUT2D eigenvalue weighted by Gasteiger charge is -2.08. The summed E-state index contributed by atoms with van der Waals surface area (Å²) in [6.45, 7) is 0. The summed E-state index contributed by atoms with van der Waals surface area (Å²) in [5.74, 6) is 0.475. The first kappa shape index (κ1) is 15.3. The summed E-state index contributed by atoms with van der Waals surface area (Å²) in [7, 11) is 0. The number of nitrogens with one attached hydrogen (secondary N) is 1. The van der Waals surface area contributed by atoms with Crippen LogP contribution in [0.25, 0.3) is 0 Å². The molecule has 4 nitrogen and oxygen atoms in total. The Hall–Kier alpha value is -1.56. The molecule has 1 saturated heterocycles. The highest BCUT2D eigenvalue weighted by molar-refractivity contribution is 8.15. The number of aromatic nitrogens is 1. The zero-order valence-corrected chi connectivity index (χ0v) is 13.6. The van der Waals surface area contributed by atoms with Gasteiger partial charge in [-0.3, -0.25) is 4.79 Å². The molecule has 1 aromatic heterocycles. The third kappa shape index (κ3) is 3.43. The predicted octanol–water partition coefficient (Wildman–Crippen LogP) is 3.85. The van der Waals surface area contributed by atoms with Crippen molar-refractivity contribution in [1.82, 2.24) is 10.3 Å². The molecule has 0 radical (unpaired) electrons. The molecule has 3 rings (SSSR count). The smallest absolute Gasteiger partial charge is 0.239 e. The SMILES string of the molecule is O=C1NC(=Nc2ccccn2)S[C@H]1Cc1cccc(Cl)c1Cl. The maximum absolute atomic E-state index is 12.1. The minimum absolute atomic E-state index is 0.0873. The summed E-state index contributed by atoms with van der Waals surface area (Å²) in [6.07, 6.45) is 2.15. The van der Waals surface area contributed by atoms with Gasteiger partial charge in [-0.15, -0.1) is 0 Å². The van der Waals surface area contributed by atoms with Crippen molar-refractivity contribution in [2.45, 2.75) is 11.7 Å². The average Bonchev–Trinajstić information content (AvgIpc) is 2.85. The van der Waals surface area contributed by atoms with Crippen LogP contribution in [0.3, 0.4) is 0 Å². The second kappa shape index (κ2) is 6.69. The number of hydrogen-bond acceptors (Lipinski definition) is 4. The van der Waals surface area contributed by atoms with Crippen LogP contribution >= 0.6 is 35.0 Å². The molecule has 1 aromatic carbocycles. The van der Waals surface area contributed by atoms with Crippen molar-refractivity contribution in [2.24, 2.45) is 4.99 Å². The van der Waals surface area contributed by atoms with Gasteiger partial charge in [-0.05, 0) is 30.2 Å². The number of thioether (sulfide) groups is 1. The number of pyridine rings is 1. The molecule has 2 heterocycles. The van der Waals surface area contributed by atoms with E-state index >= 15 is 0 Å². The lowest BCUT2D eigenvalue weighted by atomic mass is 10.1. The first-order valence-corrected chi connectivity index (χ1v) is 8.17. The van der Waals surface area contributed by atoms with E-state index in [9.17, 15) is 4.79 Å². The molecule has 2 aromatic rings. The summed E-state index contributed by atoms with van der Waals surface area (Å²) in [5.41, 5.74) is 0.848. The van der Waals surface area contributed by atoms with E-state index < -0.39 is 0 Å². The molecular weight excluding hydrogens is 341 g/mol. The van der Waals surface area contributed by atoms with Crippen LogP contribution in [-0.2, 0) is 11.2 Å². The van der Waals surface area contributed by atoms with Crippen molar-refractivity contribution < 1.29 is 4.79 Å². The summed E-state index contributed by atoms with van der Waals surface area (Å²) in [5, 5.41) is 4.02. The number of aliphatic imine (C=N–C) groups is 1. The van der Waals surface area contributed by atoms with E-state index in [1.807, 2.05) is 24.3 Å². The molecule has 1 aliphatic heterocycles. The van der Waals surface area contributed by atoms with Crippen LogP contribution in [-0.4, -0.2) is 21.3 Å². The minimum Gasteiger partial charge on any atom is -0.304 e. The minimum atomic E-state index is -0.279. The molecule has 0 spiro atoms. The van der Waals surface area contributed by atoms with Gasteiger partial charge in [-0.2, -0.15) is 0 Å². The number of benzene rings is 1. The predicted molar refractivity (Wildman–Crippen MR) is 91.0 cm³/mol. The van der Waals surface area contributed by atoms with Gasteiger partial charge in [0.1, 0.15) is 0 Å². The fraction of sp³-hybridized carbons (Fsp3) is 0.133. The van der Waals surface area contributed by atoms with E-state index in [0.717, 1.165) is 5.56 Å². The molecule has 0 unspecified atom stereocenters. The van der Waals surface area contributed by atoms with Crippen LogP contribution in [0, 0.1) is 0 Å². The molecule has 7 heteroatoms. The van der Waals surface area contributed by atoms with Gasteiger partial charge in [0.2, 0.25) is 5.91 Å². The van der Waals surface area contributed by atoms with Crippen LogP contribution in [0.4, 0.5) is 5.82 Å². The number of amidine groups is 1. The van der Waals surface area contributed by atoms with Gasteiger partial charge >= 0.3 is 0 Å². The lowest BCUT2D eigenvalue weighted by molar-refractivity contribution is -0.118. The van der Waals surface area contributed by atoms with E-state index in [4.69, 9.17) is 23.2 Å². The van der Waals surface area contributed by atoms with Gasteiger partial charge in [0.05, 0.1) is 15.3 Å². The highest BCUT2D eigenvalue weighted by Crippen LogP contribution is 2.31. The molecule has 112 valence electrons. The largest absolute Gasteiger partial charge is 0.304 e. The topological polar surface area (TPSA) is 54.4 Å². The Labute approximate surface area is 141 Å². The van der Waals surface area contributed by atoms with E-state index in [1.165, 1.54) is 11.8 Å². The number of rotatable bonds is 3. The van der Waals surface area contributed by atoms with Crippen LogP contribution in [0.15, 0.2) is 47.6 Å². The molecule has 22 heavy (non-hydrogen) atoms. The number of halogens is 2. The molecule has 0 saturated carbocycles. The number of nitrogens with zero attached hydrogens (tertiary/aromatic N) is 2. The second-order valence-corrected chi connectivity index (χ2v) is 6.59. The van der Waals surface area contributed by atoms with Crippen LogP contribution in [0.5, 0.6) is 0 Å². The first-order chi connectivity index (χ1) is 10.6. The molecule has 1 amide bonds. The Morgan fingerprint density at radius 2 is 2.09 bits per heavy atom. The van der Waals surface area contributed by atoms with Gasteiger partial charge in [-0.25, -0.2) is 9.98 Å². The van der Waals surface area contributed by atoms with Crippen LogP contribution < -0.4 is 5.32 Å². The first-order valence-electron chi connectivity index (χ1n) is 6.53. The summed E-state index contributed by atoms with van der Waals surface area (Å²) >= 11 is 13.5. The number of carbonyl (C=O) groups excluding carboxylic acids is 1. The van der Waals surface area contributed by atoms with E-state index in [-0.39, 0.29) is 11.2 Å². The van der Waals surface area contributed by atoms with Crippen molar-refractivity contribution in [3.05, 3.63) is 58.2 Å². The zero-order chi connectivity index (χ0) is 15.5. The standard InChI is InChI=1S/C15H11Cl2N3OS/c16-10-5-3-4-9(13(10)17)8-11-14(21)20-15(22-11)19-12-6-1-2-7-18-12/h1-7,11H,8H2,(H,18,19,20,21)/t11-/m0/s1. The van der Waals surface area contributed by atoms with E-state index in [2.05, 4.69) is 15.3 Å². The van der Waals surface area contributed by atoms with Gasteiger partial charge in [0.25, 0.3) is 0 Å². The summed E-state index contributed by atoms with van der Waals surface area (Å²) in [6, 6.07) is 10.9. The maximum Gasteiger partial charge on any atom is 0.239 e. The maximum atomic E-state index is 12.1. The van der Waals surface area contributed by atoms with Crippen molar-refractivity contribution in [2.75, 3.05) is 0 Å². The average molecular weight is 352 g/mol. The molecule has 1 aliphatic rings. The van der Waals surface area contributed by atoms with Crippen LogP contribution in [0.2, 0.25) is 10.0 Å². The Balaban J connectivity index is 1.75. The van der Waals surface area contributed by atoms with Crippen molar-refractivity contribution in [3.8, 4) is 0 Å². The third-order valence-corrected chi connectivity index (χ3v) is 5.02.